The fourth-order valence-corrected chi connectivity index (χ4v) is 3.75. The molecule has 0 saturated carbocycles. The Labute approximate surface area is 163 Å². The van der Waals surface area contributed by atoms with Gasteiger partial charge in [-0.3, -0.25) is 9.59 Å². The lowest BCUT2D eigenvalue weighted by molar-refractivity contribution is -0.126. The van der Waals surface area contributed by atoms with Gasteiger partial charge in [-0.2, -0.15) is 9.97 Å². The number of aromatic nitrogens is 2. The highest BCUT2D eigenvalue weighted by atomic mass is 16.2. The molecule has 0 radical (unpaired) electrons. The van der Waals surface area contributed by atoms with Gasteiger partial charge in [0, 0.05) is 26.1 Å². The Morgan fingerprint density at radius 1 is 1.18 bits per heavy atom. The minimum Gasteiger partial charge on any atom is -0.383 e. The van der Waals surface area contributed by atoms with Crippen LogP contribution in [0.1, 0.15) is 42.7 Å². The second-order valence-corrected chi connectivity index (χ2v) is 7.23. The third kappa shape index (κ3) is 3.76. The second-order valence-electron chi connectivity index (χ2n) is 7.23. The number of nitrogens with two attached hydrogens (primary N) is 1. The Kier molecular flexibility index (Phi) is 5.10. The van der Waals surface area contributed by atoms with Crippen LogP contribution in [0.25, 0.3) is 0 Å². The fourth-order valence-electron chi connectivity index (χ4n) is 3.75. The van der Waals surface area contributed by atoms with Gasteiger partial charge in [-0.1, -0.05) is 30.3 Å². The van der Waals surface area contributed by atoms with E-state index in [1.165, 1.54) is 6.42 Å². The number of hydrogen-bond donors (Lipinski definition) is 3. The maximum atomic E-state index is 12.8. The monoisotopic (exact) mass is 380 g/mol. The van der Waals surface area contributed by atoms with Crippen LogP contribution < -0.4 is 21.3 Å². The first-order valence-electron chi connectivity index (χ1n) is 9.65. The first kappa shape index (κ1) is 18.2. The van der Waals surface area contributed by atoms with Crippen molar-refractivity contribution in [3.63, 3.8) is 0 Å². The summed E-state index contributed by atoms with van der Waals surface area (Å²) in [6, 6.07) is 9.62. The minimum atomic E-state index is -0.692. The fraction of sp³-hybridized carbons (Fsp3) is 0.400. The van der Waals surface area contributed by atoms with Crippen LogP contribution >= 0.6 is 0 Å². The summed E-state index contributed by atoms with van der Waals surface area (Å²) in [6.07, 6.45) is 3.38. The molecule has 4 N–H and O–H groups in total. The number of nitrogens with zero attached hydrogens (tertiary/aromatic N) is 3. The van der Waals surface area contributed by atoms with Gasteiger partial charge in [0.15, 0.2) is 0 Å². The van der Waals surface area contributed by atoms with Gasteiger partial charge in [0.05, 0.1) is 11.5 Å². The van der Waals surface area contributed by atoms with E-state index in [9.17, 15) is 9.59 Å². The van der Waals surface area contributed by atoms with Gasteiger partial charge < -0.3 is 21.3 Å². The molecule has 0 spiro atoms. The van der Waals surface area contributed by atoms with Crippen LogP contribution in [-0.4, -0.2) is 34.9 Å². The molecule has 1 unspecified atom stereocenters. The normalized spacial score (nSPS) is 18.9. The Balaban J connectivity index is 1.57. The molecule has 1 saturated heterocycles. The van der Waals surface area contributed by atoms with E-state index in [0.29, 0.717) is 23.9 Å². The number of carbonyl (C=O) groups excluding carboxylic acids is 2. The van der Waals surface area contributed by atoms with E-state index in [0.717, 1.165) is 31.5 Å². The van der Waals surface area contributed by atoms with Gasteiger partial charge in [-0.15, -0.1) is 0 Å². The van der Waals surface area contributed by atoms with Crippen molar-refractivity contribution in [2.75, 3.05) is 29.0 Å². The summed E-state index contributed by atoms with van der Waals surface area (Å²) in [7, 11) is 0. The molecular weight excluding hydrogens is 356 g/mol. The number of fused-ring (bicyclic) bond motifs is 1. The van der Waals surface area contributed by atoms with Crippen LogP contribution in [0.15, 0.2) is 30.3 Å². The molecule has 1 atom stereocenters. The number of nitrogen functional groups attached to an aromatic ring is 1. The smallest absolute Gasteiger partial charge is 0.229 e. The predicted octanol–water partition coefficient (Wildman–Crippen LogP) is 1.79. The van der Waals surface area contributed by atoms with Crippen molar-refractivity contribution >= 4 is 29.4 Å². The summed E-state index contributed by atoms with van der Waals surface area (Å²) in [4.78, 5) is 36.1. The van der Waals surface area contributed by atoms with Gasteiger partial charge in [0.1, 0.15) is 11.6 Å². The quantitative estimate of drug-likeness (QED) is 0.745. The van der Waals surface area contributed by atoms with E-state index < -0.39 is 5.92 Å². The van der Waals surface area contributed by atoms with Crippen LogP contribution in [0.2, 0.25) is 0 Å². The standard InChI is InChI=1S/C20H24N6O2/c21-17-16-14(19(28)22-12-13-7-3-1-4-8-13)11-15(27)23-18(16)25-20(24-17)26-9-5-2-6-10-26/h1,3-4,7-8,14H,2,5-6,9-12H2,(H,22,28)(H3,21,23,24,25,27). The molecule has 4 rings (SSSR count). The summed E-state index contributed by atoms with van der Waals surface area (Å²) < 4.78 is 0. The molecular formula is C20H24N6O2. The lowest BCUT2D eigenvalue weighted by atomic mass is 9.92. The molecule has 0 bridgehead atoms. The van der Waals surface area contributed by atoms with E-state index in [4.69, 9.17) is 5.73 Å². The highest BCUT2D eigenvalue weighted by Gasteiger charge is 2.35. The summed E-state index contributed by atoms with van der Waals surface area (Å²) in [5, 5.41) is 5.66. The zero-order valence-electron chi connectivity index (χ0n) is 15.6. The van der Waals surface area contributed by atoms with Gasteiger partial charge in [0.25, 0.3) is 0 Å². The maximum absolute atomic E-state index is 12.8. The van der Waals surface area contributed by atoms with Gasteiger partial charge in [-0.25, -0.2) is 0 Å². The van der Waals surface area contributed by atoms with Crippen molar-refractivity contribution in [3.05, 3.63) is 41.5 Å². The number of anilines is 3. The molecule has 8 heteroatoms. The highest BCUT2D eigenvalue weighted by Crippen LogP contribution is 2.36. The second kappa shape index (κ2) is 7.84. The predicted molar refractivity (Wildman–Crippen MR) is 107 cm³/mol. The third-order valence-corrected chi connectivity index (χ3v) is 5.22. The van der Waals surface area contributed by atoms with Gasteiger partial charge >= 0.3 is 0 Å². The molecule has 2 aliphatic heterocycles. The topological polar surface area (TPSA) is 113 Å². The summed E-state index contributed by atoms with van der Waals surface area (Å²) >= 11 is 0. The molecule has 28 heavy (non-hydrogen) atoms. The van der Waals surface area contributed by atoms with E-state index in [2.05, 4.69) is 25.5 Å². The van der Waals surface area contributed by atoms with Crippen molar-refractivity contribution in [1.82, 2.24) is 15.3 Å². The van der Waals surface area contributed by atoms with Crippen LogP contribution in [0.4, 0.5) is 17.6 Å². The number of benzene rings is 1. The summed E-state index contributed by atoms with van der Waals surface area (Å²) in [6.45, 7) is 2.13. The zero-order chi connectivity index (χ0) is 19.5. The average molecular weight is 380 g/mol. The largest absolute Gasteiger partial charge is 0.383 e. The van der Waals surface area contributed by atoms with Crippen molar-refractivity contribution in [2.24, 2.45) is 0 Å². The first-order chi connectivity index (χ1) is 13.6. The third-order valence-electron chi connectivity index (χ3n) is 5.22. The number of nitrogens with one attached hydrogen (secondary N) is 2. The summed E-state index contributed by atoms with van der Waals surface area (Å²) in [5.41, 5.74) is 7.71. The lowest BCUT2D eigenvalue weighted by Gasteiger charge is -2.30. The SMILES string of the molecule is Nc1nc(N2CCCCC2)nc2c1C(C(=O)NCc1ccccc1)CC(=O)N2. The van der Waals surface area contributed by atoms with Crippen LogP contribution in [0.3, 0.4) is 0 Å². The molecule has 1 aromatic carbocycles. The van der Waals surface area contributed by atoms with Crippen LogP contribution in [0.5, 0.6) is 0 Å². The van der Waals surface area contributed by atoms with Crippen molar-refractivity contribution < 1.29 is 9.59 Å². The Bertz CT molecular complexity index is 880. The zero-order valence-corrected chi connectivity index (χ0v) is 15.6. The molecule has 1 fully saturated rings. The number of hydrogen-bond acceptors (Lipinski definition) is 6. The van der Waals surface area contributed by atoms with Crippen LogP contribution in [-0.2, 0) is 16.1 Å². The van der Waals surface area contributed by atoms with E-state index in [1.54, 1.807) is 0 Å². The minimum absolute atomic E-state index is 0.0320. The Morgan fingerprint density at radius 2 is 1.93 bits per heavy atom. The molecule has 0 aliphatic carbocycles. The number of amides is 2. The van der Waals surface area contributed by atoms with E-state index in [-0.39, 0.29) is 24.1 Å². The number of rotatable bonds is 4. The number of carbonyl (C=O) groups is 2. The maximum Gasteiger partial charge on any atom is 0.229 e. The molecule has 146 valence electrons. The van der Waals surface area contributed by atoms with E-state index >= 15 is 0 Å². The van der Waals surface area contributed by atoms with E-state index in [1.807, 2.05) is 30.3 Å². The Morgan fingerprint density at radius 3 is 2.68 bits per heavy atom. The Hall–Kier alpha value is -3.16. The van der Waals surface area contributed by atoms with Gasteiger partial charge in [0.2, 0.25) is 17.8 Å². The highest BCUT2D eigenvalue weighted by molar-refractivity contribution is 6.01. The molecule has 2 aliphatic rings. The first-order valence-corrected chi connectivity index (χ1v) is 9.65. The van der Waals surface area contributed by atoms with Crippen LogP contribution in [0, 0.1) is 0 Å². The summed E-state index contributed by atoms with van der Waals surface area (Å²) in [5.74, 6) is -0.0601. The average Bonchev–Trinajstić information content (AvgIpc) is 2.72. The lowest BCUT2D eigenvalue weighted by Crippen LogP contribution is -2.37. The molecule has 3 heterocycles. The van der Waals surface area contributed by atoms with Crippen molar-refractivity contribution in [2.45, 2.75) is 38.1 Å². The molecule has 2 amide bonds. The molecule has 2 aromatic rings. The van der Waals surface area contributed by atoms with Crippen molar-refractivity contribution in [3.8, 4) is 0 Å². The van der Waals surface area contributed by atoms with Crippen molar-refractivity contribution in [1.29, 1.82) is 0 Å². The molecule has 8 nitrogen and oxygen atoms in total. The number of piperidine rings is 1. The molecule has 1 aromatic heterocycles. The van der Waals surface area contributed by atoms with Gasteiger partial charge in [-0.05, 0) is 24.8 Å².